The fourth-order valence-corrected chi connectivity index (χ4v) is 2.76. The van der Waals surface area contributed by atoms with Crippen LogP contribution in [0.3, 0.4) is 0 Å². The van der Waals surface area contributed by atoms with Crippen molar-refractivity contribution in [2.24, 2.45) is 7.05 Å². The first kappa shape index (κ1) is 13.7. The summed E-state index contributed by atoms with van der Waals surface area (Å²) >= 11 is 0. The van der Waals surface area contributed by atoms with E-state index in [-0.39, 0.29) is 0 Å². The first-order valence-corrected chi connectivity index (χ1v) is 7.45. The van der Waals surface area contributed by atoms with Crippen LogP contribution >= 0.6 is 0 Å². The van der Waals surface area contributed by atoms with E-state index in [1.165, 1.54) is 0 Å². The Balaban J connectivity index is 1.59. The number of piperazine rings is 1. The summed E-state index contributed by atoms with van der Waals surface area (Å²) in [5, 5.41) is 9.39. The van der Waals surface area contributed by atoms with Gasteiger partial charge in [0.2, 0.25) is 12.2 Å². The lowest BCUT2D eigenvalue weighted by Gasteiger charge is -2.30. The molecule has 3 heterocycles. The summed E-state index contributed by atoms with van der Waals surface area (Å²) in [6, 6.07) is 6.46. The van der Waals surface area contributed by atoms with E-state index in [1.54, 1.807) is 4.90 Å². The summed E-state index contributed by atoms with van der Waals surface area (Å²) < 4.78 is 7.20. The molecule has 0 spiro atoms. The zero-order valence-electron chi connectivity index (χ0n) is 12.7. The molecule has 1 saturated heterocycles. The Bertz CT molecular complexity index is 847. The molecule has 0 N–H and O–H groups in total. The maximum atomic E-state index is 10.8. The van der Waals surface area contributed by atoms with E-state index < -0.39 is 0 Å². The molecule has 1 aromatic carbocycles. The van der Waals surface area contributed by atoms with Crippen molar-refractivity contribution in [3.8, 4) is 11.4 Å². The van der Waals surface area contributed by atoms with Crippen molar-refractivity contribution in [3.63, 3.8) is 0 Å². The van der Waals surface area contributed by atoms with Crippen LogP contribution in [-0.4, -0.2) is 57.4 Å². The Morgan fingerprint density at radius 3 is 2.83 bits per heavy atom. The second-order valence-corrected chi connectivity index (χ2v) is 5.57. The normalized spacial score (nSPS) is 15.3. The summed E-state index contributed by atoms with van der Waals surface area (Å²) in [6.45, 7) is 2.73. The van der Waals surface area contributed by atoms with Crippen molar-refractivity contribution in [1.29, 1.82) is 0 Å². The molecule has 0 unspecified atom stereocenters. The third-order valence-electron chi connectivity index (χ3n) is 4.16. The van der Waals surface area contributed by atoms with Crippen LogP contribution in [0.1, 0.15) is 0 Å². The molecule has 0 atom stereocenters. The van der Waals surface area contributed by atoms with Crippen LogP contribution in [0.15, 0.2) is 28.9 Å². The number of anilines is 1. The van der Waals surface area contributed by atoms with Gasteiger partial charge in [-0.05, 0) is 6.07 Å². The van der Waals surface area contributed by atoms with Crippen LogP contribution in [0.5, 0.6) is 0 Å². The van der Waals surface area contributed by atoms with Gasteiger partial charge in [-0.3, -0.25) is 9.48 Å². The van der Waals surface area contributed by atoms with Crippen LogP contribution in [0, 0.1) is 0 Å². The van der Waals surface area contributed by atoms with E-state index in [4.69, 9.17) is 4.52 Å². The van der Waals surface area contributed by atoms with E-state index in [2.05, 4.69) is 15.2 Å². The quantitative estimate of drug-likeness (QED) is 0.669. The molecule has 1 aliphatic rings. The summed E-state index contributed by atoms with van der Waals surface area (Å²) in [6.07, 6.45) is 2.70. The van der Waals surface area contributed by atoms with E-state index in [0.717, 1.165) is 22.9 Å². The van der Waals surface area contributed by atoms with Gasteiger partial charge in [-0.1, -0.05) is 17.3 Å². The van der Waals surface area contributed by atoms with Crippen molar-refractivity contribution in [2.75, 3.05) is 31.1 Å². The van der Waals surface area contributed by atoms with E-state index in [9.17, 15) is 4.79 Å². The smallest absolute Gasteiger partial charge is 0.324 e. The lowest BCUT2D eigenvalue weighted by molar-refractivity contribution is -0.118. The highest BCUT2D eigenvalue weighted by Gasteiger charge is 2.21. The van der Waals surface area contributed by atoms with Crippen LogP contribution in [0.2, 0.25) is 0 Å². The highest BCUT2D eigenvalue weighted by Crippen LogP contribution is 2.24. The first-order chi connectivity index (χ1) is 11.2. The van der Waals surface area contributed by atoms with Crippen molar-refractivity contribution in [2.45, 2.75) is 0 Å². The molecular formula is C15H16N6O2. The van der Waals surface area contributed by atoms with Gasteiger partial charge in [0.15, 0.2) is 0 Å². The lowest BCUT2D eigenvalue weighted by atomic mass is 10.1. The number of carbonyl (C=O) groups excluding carboxylic acids is 1. The van der Waals surface area contributed by atoms with Gasteiger partial charge in [0.25, 0.3) is 0 Å². The highest BCUT2D eigenvalue weighted by atomic mass is 16.5. The van der Waals surface area contributed by atoms with Crippen LogP contribution in [0.4, 0.5) is 6.01 Å². The number of benzene rings is 1. The Labute approximate surface area is 132 Å². The average molecular weight is 312 g/mol. The molecule has 1 fully saturated rings. The fourth-order valence-electron chi connectivity index (χ4n) is 2.76. The molecule has 118 valence electrons. The second-order valence-electron chi connectivity index (χ2n) is 5.57. The molecule has 8 nitrogen and oxygen atoms in total. The minimum atomic E-state index is 0.496. The van der Waals surface area contributed by atoms with E-state index >= 15 is 0 Å². The minimum Gasteiger partial charge on any atom is -0.342 e. The summed E-state index contributed by atoms with van der Waals surface area (Å²) in [4.78, 5) is 19.0. The second kappa shape index (κ2) is 5.38. The van der Waals surface area contributed by atoms with E-state index in [0.29, 0.717) is 38.0 Å². The van der Waals surface area contributed by atoms with Crippen molar-refractivity contribution in [1.82, 2.24) is 24.8 Å². The maximum Gasteiger partial charge on any atom is 0.324 e. The SMILES string of the molecule is Cn1ncc2ccc(-c3noc(N4CCN(C=O)CC4)n3)cc21. The molecule has 4 rings (SSSR count). The fraction of sp³-hybridized carbons (Fsp3) is 0.333. The van der Waals surface area contributed by atoms with Crippen molar-refractivity contribution in [3.05, 3.63) is 24.4 Å². The van der Waals surface area contributed by atoms with Crippen molar-refractivity contribution >= 4 is 23.3 Å². The average Bonchev–Trinajstić information content (AvgIpc) is 3.22. The van der Waals surface area contributed by atoms with Gasteiger partial charge in [0, 0.05) is 44.2 Å². The topological polar surface area (TPSA) is 80.3 Å². The molecule has 2 aromatic heterocycles. The number of nitrogens with zero attached hydrogens (tertiary/aromatic N) is 6. The predicted octanol–water partition coefficient (Wildman–Crippen LogP) is 0.902. The monoisotopic (exact) mass is 312 g/mol. The standard InChI is InChI=1S/C15H16N6O2/c1-19-13-8-11(2-3-12(13)9-16-19)14-17-15(23-18-14)21-6-4-20(10-22)5-7-21/h2-3,8-10H,4-7H2,1H3. The Kier molecular flexibility index (Phi) is 3.22. The van der Waals surface area contributed by atoms with Gasteiger partial charge < -0.3 is 14.3 Å². The number of carbonyl (C=O) groups is 1. The molecule has 0 saturated carbocycles. The largest absolute Gasteiger partial charge is 0.342 e. The molecule has 8 heteroatoms. The van der Waals surface area contributed by atoms with Gasteiger partial charge in [0.05, 0.1) is 11.7 Å². The number of amides is 1. The maximum absolute atomic E-state index is 10.8. The molecule has 1 aliphatic heterocycles. The van der Waals surface area contributed by atoms with Gasteiger partial charge in [0.1, 0.15) is 0 Å². The summed E-state index contributed by atoms with van der Waals surface area (Å²) in [5.41, 5.74) is 1.91. The van der Waals surface area contributed by atoms with Crippen LogP contribution < -0.4 is 4.90 Å². The predicted molar refractivity (Wildman–Crippen MR) is 83.9 cm³/mol. The highest BCUT2D eigenvalue weighted by molar-refractivity contribution is 5.83. The third kappa shape index (κ3) is 2.41. The van der Waals surface area contributed by atoms with E-state index in [1.807, 2.05) is 41.0 Å². The van der Waals surface area contributed by atoms with Gasteiger partial charge >= 0.3 is 6.01 Å². The first-order valence-electron chi connectivity index (χ1n) is 7.45. The number of fused-ring (bicyclic) bond motifs is 1. The van der Waals surface area contributed by atoms with Gasteiger partial charge in [-0.2, -0.15) is 10.1 Å². The number of hydrogen-bond donors (Lipinski definition) is 0. The zero-order valence-corrected chi connectivity index (χ0v) is 12.7. The molecule has 23 heavy (non-hydrogen) atoms. The third-order valence-corrected chi connectivity index (χ3v) is 4.16. The van der Waals surface area contributed by atoms with Gasteiger partial charge in [-0.15, -0.1) is 0 Å². The number of aryl methyl sites for hydroxylation is 1. The molecule has 0 radical (unpaired) electrons. The molecule has 0 bridgehead atoms. The Morgan fingerprint density at radius 1 is 1.22 bits per heavy atom. The lowest BCUT2D eigenvalue weighted by Crippen LogP contribution is -2.45. The van der Waals surface area contributed by atoms with Crippen molar-refractivity contribution < 1.29 is 9.32 Å². The molecule has 0 aliphatic carbocycles. The summed E-state index contributed by atoms with van der Waals surface area (Å²) in [7, 11) is 1.90. The van der Waals surface area contributed by atoms with Crippen LogP contribution in [0.25, 0.3) is 22.3 Å². The molecule has 1 amide bonds. The number of rotatable bonds is 3. The number of hydrogen-bond acceptors (Lipinski definition) is 6. The Morgan fingerprint density at radius 2 is 2.04 bits per heavy atom. The van der Waals surface area contributed by atoms with Crippen LogP contribution in [-0.2, 0) is 11.8 Å². The zero-order chi connectivity index (χ0) is 15.8. The number of aromatic nitrogens is 4. The van der Waals surface area contributed by atoms with Gasteiger partial charge in [-0.25, -0.2) is 0 Å². The summed E-state index contributed by atoms with van der Waals surface area (Å²) in [5.74, 6) is 0.556. The molecule has 3 aromatic rings. The molecular weight excluding hydrogens is 296 g/mol. The Hall–Kier alpha value is -2.90. The minimum absolute atomic E-state index is 0.496.